The van der Waals surface area contributed by atoms with Gasteiger partial charge in [-0.3, -0.25) is 4.79 Å². The Morgan fingerprint density at radius 3 is 2.68 bits per heavy atom. The monoisotopic (exact) mass is 251 g/mol. The van der Waals surface area contributed by atoms with Crippen LogP contribution in [0.2, 0.25) is 0 Å². The first kappa shape index (κ1) is 11.3. The van der Waals surface area contributed by atoms with Gasteiger partial charge < -0.3 is 16.5 Å². The van der Waals surface area contributed by atoms with Crippen molar-refractivity contribution in [3.8, 4) is 11.1 Å². The quantitative estimate of drug-likeness (QED) is 0.611. The van der Waals surface area contributed by atoms with Crippen molar-refractivity contribution >= 4 is 22.5 Å². The van der Waals surface area contributed by atoms with Crippen molar-refractivity contribution < 1.29 is 4.79 Å². The zero-order valence-corrected chi connectivity index (χ0v) is 10.2. The molecule has 0 spiro atoms. The molecule has 0 fully saturated rings. The summed E-state index contributed by atoms with van der Waals surface area (Å²) in [6.45, 7) is 0. The molecule has 2 aromatic carbocycles. The molecule has 0 aliphatic carbocycles. The Bertz CT molecular complexity index is 774. The number of primary amides is 1. The molecule has 0 atom stereocenters. The number of anilines is 1. The van der Waals surface area contributed by atoms with Crippen LogP contribution in [-0.4, -0.2) is 10.9 Å². The number of carbonyl (C=O) groups is 1. The van der Waals surface area contributed by atoms with Crippen molar-refractivity contribution in [3.63, 3.8) is 0 Å². The molecular formula is C15H13N3O. The van der Waals surface area contributed by atoms with E-state index in [1.807, 2.05) is 36.4 Å². The first-order valence-corrected chi connectivity index (χ1v) is 5.92. The molecule has 0 saturated carbocycles. The Labute approximate surface area is 110 Å². The van der Waals surface area contributed by atoms with Crippen LogP contribution in [0.3, 0.4) is 0 Å². The lowest BCUT2D eigenvalue weighted by Crippen LogP contribution is -2.11. The van der Waals surface area contributed by atoms with Gasteiger partial charge in [-0.15, -0.1) is 0 Å². The van der Waals surface area contributed by atoms with Gasteiger partial charge in [-0.1, -0.05) is 18.2 Å². The second-order valence-corrected chi connectivity index (χ2v) is 4.42. The minimum Gasteiger partial charge on any atom is -0.399 e. The van der Waals surface area contributed by atoms with Crippen molar-refractivity contribution in [2.45, 2.75) is 0 Å². The van der Waals surface area contributed by atoms with E-state index in [2.05, 4.69) is 4.98 Å². The van der Waals surface area contributed by atoms with Gasteiger partial charge >= 0.3 is 0 Å². The average molecular weight is 251 g/mol. The topological polar surface area (TPSA) is 84.9 Å². The molecule has 5 N–H and O–H groups in total. The Morgan fingerprint density at radius 2 is 1.95 bits per heavy atom. The van der Waals surface area contributed by atoms with E-state index in [4.69, 9.17) is 11.5 Å². The van der Waals surface area contributed by atoms with Gasteiger partial charge in [0.05, 0.1) is 11.1 Å². The van der Waals surface area contributed by atoms with Gasteiger partial charge in [0.2, 0.25) is 0 Å². The molecule has 0 aliphatic rings. The maximum atomic E-state index is 11.4. The van der Waals surface area contributed by atoms with E-state index in [0.29, 0.717) is 11.3 Å². The van der Waals surface area contributed by atoms with Crippen molar-refractivity contribution in [2.75, 3.05) is 5.73 Å². The van der Waals surface area contributed by atoms with E-state index in [0.717, 1.165) is 22.0 Å². The minimum absolute atomic E-state index is 0.438. The van der Waals surface area contributed by atoms with E-state index >= 15 is 0 Å². The molecule has 0 radical (unpaired) electrons. The highest BCUT2D eigenvalue weighted by molar-refractivity contribution is 6.09. The molecule has 1 heterocycles. The van der Waals surface area contributed by atoms with Gasteiger partial charge in [0, 0.05) is 17.3 Å². The number of rotatable bonds is 2. The van der Waals surface area contributed by atoms with Gasteiger partial charge in [-0.05, 0) is 35.4 Å². The molecule has 4 heteroatoms. The summed E-state index contributed by atoms with van der Waals surface area (Å²) in [5.74, 6) is -0.438. The fourth-order valence-electron chi connectivity index (χ4n) is 2.32. The van der Waals surface area contributed by atoms with Crippen LogP contribution < -0.4 is 11.5 Å². The van der Waals surface area contributed by atoms with Crippen LogP contribution in [0.1, 0.15) is 10.4 Å². The van der Waals surface area contributed by atoms with Crippen molar-refractivity contribution in [3.05, 3.63) is 54.2 Å². The number of aromatic amines is 1. The highest BCUT2D eigenvalue weighted by Gasteiger charge is 2.11. The Morgan fingerprint density at radius 1 is 1.11 bits per heavy atom. The van der Waals surface area contributed by atoms with Crippen LogP contribution >= 0.6 is 0 Å². The third-order valence-corrected chi connectivity index (χ3v) is 3.19. The minimum atomic E-state index is -0.438. The average Bonchev–Trinajstić information content (AvgIpc) is 2.86. The molecule has 1 aromatic heterocycles. The third-order valence-electron chi connectivity index (χ3n) is 3.19. The summed E-state index contributed by atoms with van der Waals surface area (Å²) in [5, 5.41) is 0.960. The van der Waals surface area contributed by atoms with E-state index in [-0.39, 0.29) is 0 Å². The number of amides is 1. The summed E-state index contributed by atoms with van der Waals surface area (Å²) in [7, 11) is 0. The smallest absolute Gasteiger partial charge is 0.250 e. The predicted octanol–water partition coefficient (Wildman–Crippen LogP) is 2.52. The predicted molar refractivity (Wildman–Crippen MR) is 76.7 cm³/mol. The summed E-state index contributed by atoms with van der Waals surface area (Å²) in [4.78, 5) is 14.5. The van der Waals surface area contributed by atoms with Crippen molar-refractivity contribution in [2.24, 2.45) is 5.73 Å². The molecular weight excluding hydrogens is 238 g/mol. The van der Waals surface area contributed by atoms with E-state index < -0.39 is 5.91 Å². The molecule has 19 heavy (non-hydrogen) atoms. The number of nitrogens with two attached hydrogens (primary N) is 2. The molecule has 0 saturated heterocycles. The number of nitrogen functional groups attached to an aromatic ring is 1. The van der Waals surface area contributed by atoms with Crippen LogP contribution in [-0.2, 0) is 0 Å². The number of benzene rings is 2. The van der Waals surface area contributed by atoms with E-state index in [1.165, 1.54) is 0 Å². The molecule has 94 valence electrons. The van der Waals surface area contributed by atoms with Crippen molar-refractivity contribution in [1.82, 2.24) is 4.98 Å². The zero-order chi connectivity index (χ0) is 13.4. The highest BCUT2D eigenvalue weighted by atomic mass is 16.1. The maximum absolute atomic E-state index is 11.4. The number of hydrogen-bond donors (Lipinski definition) is 3. The van der Waals surface area contributed by atoms with Gasteiger partial charge in [0.1, 0.15) is 0 Å². The van der Waals surface area contributed by atoms with Gasteiger partial charge in [0.15, 0.2) is 0 Å². The largest absolute Gasteiger partial charge is 0.399 e. The summed E-state index contributed by atoms with van der Waals surface area (Å²) in [5.41, 5.74) is 15.2. The van der Waals surface area contributed by atoms with Crippen LogP contribution in [0, 0.1) is 0 Å². The zero-order valence-electron chi connectivity index (χ0n) is 10.2. The number of carbonyl (C=O) groups excluding carboxylic acids is 1. The molecule has 0 aliphatic heterocycles. The standard InChI is InChI=1S/C15H13N3O/c16-10-3-1-2-9(8-10)11-4-5-13(15(17)19)14-12(11)6-7-18-14/h1-8,18H,16H2,(H2,17,19). The summed E-state index contributed by atoms with van der Waals surface area (Å²) in [6.07, 6.45) is 1.80. The lowest BCUT2D eigenvalue weighted by molar-refractivity contribution is 0.100. The molecule has 3 aromatic rings. The second-order valence-electron chi connectivity index (χ2n) is 4.42. The lowest BCUT2D eigenvalue weighted by Gasteiger charge is -2.07. The Balaban J connectivity index is 2.29. The first-order chi connectivity index (χ1) is 9.16. The van der Waals surface area contributed by atoms with E-state index in [1.54, 1.807) is 12.3 Å². The van der Waals surface area contributed by atoms with Crippen LogP contribution in [0.5, 0.6) is 0 Å². The third kappa shape index (κ3) is 1.83. The molecule has 0 unspecified atom stereocenters. The molecule has 0 bridgehead atoms. The van der Waals surface area contributed by atoms with Crippen LogP contribution in [0.25, 0.3) is 22.0 Å². The van der Waals surface area contributed by atoms with E-state index in [9.17, 15) is 4.79 Å². The summed E-state index contributed by atoms with van der Waals surface area (Å²) in [6, 6.07) is 13.2. The normalized spacial score (nSPS) is 10.7. The molecule has 4 nitrogen and oxygen atoms in total. The summed E-state index contributed by atoms with van der Waals surface area (Å²) >= 11 is 0. The SMILES string of the molecule is NC(=O)c1ccc(-c2cccc(N)c2)c2cc[nH]c12. The second kappa shape index (κ2) is 4.17. The van der Waals surface area contributed by atoms with Gasteiger partial charge in [-0.2, -0.15) is 0 Å². The fraction of sp³-hybridized carbons (Fsp3) is 0. The van der Waals surface area contributed by atoms with Crippen LogP contribution in [0.4, 0.5) is 5.69 Å². The number of nitrogens with one attached hydrogen (secondary N) is 1. The number of hydrogen-bond acceptors (Lipinski definition) is 2. The van der Waals surface area contributed by atoms with Crippen molar-refractivity contribution in [1.29, 1.82) is 0 Å². The Kier molecular flexibility index (Phi) is 2.49. The lowest BCUT2D eigenvalue weighted by atomic mass is 9.98. The Hall–Kier alpha value is -2.75. The molecule has 3 rings (SSSR count). The first-order valence-electron chi connectivity index (χ1n) is 5.92. The number of aromatic nitrogens is 1. The van der Waals surface area contributed by atoms with Crippen LogP contribution in [0.15, 0.2) is 48.7 Å². The van der Waals surface area contributed by atoms with Gasteiger partial charge in [0.25, 0.3) is 5.91 Å². The van der Waals surface area contributed by atoms with Gasteiger partial charge in [-0.25, -0.2) is 0 Å². The highest BCUT2D eigenvalue weighted by Crippen LogP contribution is 2.31. The summed E-state index contributed by atoms with van der Waals surface area (Å²) < 4.78 is 0. The number of fused-ring (bicyclic) bond motifs is 1. The number of H-pyrrole nitrogens is 1. The fourth-order valence-corrected chi connectivity index (χ4v) is 2.32. The molecule has 1 amide bonds. The maximum Gasteiger partial charge on any atom is 0.250 e.